The molecular formula is C16H16BrCl. The van der Waals surface area contributed by atoms with Crippen molar-refractivity contribution in [3.63, 3.8) is 0 Å². The van der Waals surface area contributed by atoms with Gasteiger partial charge in [0.25, 0.3) is 0 Å². The van der Waals surface area contributed by atoms with E-state index in [-0.39, 0.29) is 4.83 Å². The predicted octanol–water partition coefficient (Wildman–Crippen LogP) is 5.75. The van der Waals surface area contributed by atoms with Crippen LogP contribution in [0, 0.1) is 20.8 Å². The molecule has 0 heterocycles. The lowest BCUT2D eigenvalue weighted by molar-refractivity contribution is 1.10. The summed E-state index contributed by atoms with van der Waals surface area (Å²) >= 11 is 9.73. The molecule has 0 aliphatic heterocycles. The Bertz CT molecular complexity index is 535. The van der Waals surface area contributed by atoms with Crippen molar-refractivity contribution in [3.05, 3.63) is 69.2 Å². The Morgan fingerprint density at radius 1 is 0.944 bits per heavy atom. The van der Waals surface area contributed by atoms with Crippen LogP contribution in [0.1, 0.15) is 32.6 Å². The first-order valence-corrected chi connectivity index (χ1v) is 7.25. The fraction of sp³-hybridized carbons (Fsp3) is 0.250. The van der Waals surface area contributed by atoms with Gasteiger partial charge in [-0.2, -0.15) is 0 Å². The average Bonchev–Trinajstić information content (AvgIpc) is 2.28. The number of alkyl halides is 1. The van der Waals surface area contributed by atoms with Crippen molar-refractivity contribution in [2.24, 2.45) is 0 Å². The molecule has 2 heteroatoms. The molecule has 2 aromatic rings. The van der Waals surface area contributed by atoms with E-state index in [4.69, 9.17) is 11.6 Å². The fourth-order valence-corrected chi connectivity index (χ4v) is 3.54. The summed E-state index contributed by atoms with van der Waals surface area (Å²) in [5, 5.41) is 0.774. The standard InChI is InChI=1S/C16H16BrCl/c1-10-8-11(2)15(12(3)9-10)16(17)13-4-6-14(18)7-5-13/h4-9,16H,1-3H3. The van der Waals surface area contributed by atoms with Crippen LogP contribution >= 0.6 is 27.5 Å². The molecule has 94 valence electrons. The molecule has 2 rings (SSSR count). The van der Waals surface area contributed by atoms with Gasteiger partial charge < -0.3 is 0 Å². The monoisotopic (exact) mass is 322 g/mol. The first-order valence-electron chi connectivity index (χ1n) is 5.96. The Balaban J connectivity index is 2.46. The normalized spacial score (nSPS) is 12.5. The molecule has 0 aliphatic rings. The van der Waals surface area contributed by atoms with Gasteiger partial charge in [0.05, 0.1) is 4.83 Å². The van der Waals surface area contributed by atoms with Crippen LogP contribution in [0.5, 0.6) is 0 Å². The lowest BCUT2D eigenvalue weighted by Gasteiger charge is -2.17. The zero-order chi connectivity index (χ0) is 13.3. The molecule has 18 heavy (non-hydrogen) atoms. The van der Waals surface area contributed by atoms with Crippen LogP contribution in [0.4, 0.5) is 0 Å². The van der Waals surface area contributed by atoms with Gasteiger partial charge in [-0.3, -0.25) is 0 Å². The van der Waals surface area contributed by atoms with Gasteiger partial charge in [0.2, 0.25) is 0 Å². The Kier molecular flexibility index (Phi) is 4.14. The van der Waals surface area contributed by atoms with Gasteiger partial charge in [-0.15, -0.1) is 0 Å². The highest BCUT2D eigenvalue weighted by atomic mass is 79.9. The molecule has 0 saturated carbocycles. The molecule has 0 saturated heterocycles. The number of halogens is 2. The number of benzene rings is 2. The fourth-order valence-electron chi connectivity index (χ4n) is 2.39. The molecule has 2 aromatic carbocycles. The lowest BCUT2D eigenvalue weighted by atomic mass is 9.94. The van der Waals surface area contributed by atoms with Gasteiger partial charge in [-0.05, 0) is 55.2 Å². The lowest BCUT2D eigenvalue weighted by Crippen LogP contribution is -2.00. The summed E-state index contributed by atoms with van der Waals surface area (Å²) in [4.78, 5) is 0.218. The van der Waals surface area contributed by atoms with E-state index in [1.807, 2.05) is 12.1 Å². The van der Waals surface area contributed by atoms with Crippen molar-refractivity contribution in [1.29, 1.82) is 0 Å². The van der Waals surface area contributed by atoms with Crippen molar-refractivity contribution in [2.75, 3.05) is 0 Å². The van der Waals surface area contributed by atoms with E-state index in [1.165, 1.54) is 27.8 Å². The summed E-state index contributed by atoms with van der Waals surface area (Å²) in [5.41, 5.74) is 6.54. The number of hydrogen-bond donors (Lipinski definition) is 0. The zero-order valence-corrected chi connectivity index (χ0v) is 13.1. The molecule has 0 fully saturated rings. The van der Waals surface area contributed by atoms with E-state index in [9.17, 15) is 0 Å². The summed E-state index contributed by atoms with van der Waals surface area (Å²) < 4.78 is 0. The SMILES string of the molecule is Cc1cc(C)c(C(Br)c2ccc(Cl)cc2)c(C)c1. The summed E-state index contributed by atoms with van der Waals surface area (Å²) in [7, 11) is 0. The van der Waals surface area contributed by atoms with E-state index in [1.54, 1.807) is 0 Å². The Morgan fingerprint density at radius 2 is 1.44 bits per heavy atom. The van der Waals surface area contributed by atoms with Crippen molar-refractivity contribution < 1.29 is 0 Å². The van der Waals surface area contributed by atoms with E-state index in [2.05, 4.69) is 61.0 Å². The smallest absolute Gasteiger partial charge is 0.0649 e. The summed E-state index contributed by atoms with van der Waals surface area (Å²) in [6, 6.07) is 12.5. The molecule has 0 bridgehead atoms. The first kappa shape index (κ1) is 13.6. The summed E-state index contributed by atoms with van der Waals surface area (Å²) in [5.74, 6) is 0. The van der Waals surface area contributed by atoms with Gasteiger partial charge >= 0.3 is 0 Å². The van der Waals surface area contributed by atoms with Crippen molar-refractivity contribution in [2.45, 2.75) is 25.6 Å². The van der Waals surface area contributed by atoms with Crippen LogP contribution in [-0.2, 0) is 0 Å². The second-order valence-corrected chi connectivity index (χ2v) is 6.08. The second-order valence-electron chi connectivity index (χ2n) is 4.73. The van der Waals surface area contributed by atoms with E-state index in [0.29, 0.717) is 0 Å². The Hall–Kier alpha value is -0.790. The molecular weight excluding hydrogens is 308 g/mol. The highest BCUT2D eigenvalue weighted by molar-refractivity contribution is 9.09. The van der Waals surface area contributed by atoms with E-state index >= 15 is 0 Å². The highest BCUT2D eigenvalue weighted by Crippen LogP contribution is 2.35. The number of aryl methyl sites for hydroxylation is 3. The van der Waals surface area contributed by atoms with Crippen LogP contribution in [0.2, 0.25) is 5.02 Å². The minimum absolute atomic E-state index is 0.218. The Labute approximate surface area is 122 Å². The zero-order valence-electron chi connectivity index (χ0n) is 10.8. The third-order valence-corrected chi connectivity index (χ3v) is 4.39. The maximum absolute atomic E-state index is 5.93. The Morgan fingerprint density at radius 3 is 1.94 bits per heavy atom. The summed E-state index contributed by atoms with van der Waals surface area (Å²) in [6.07, 6.45) is 0. The molecule has 0 spiro atoms. The topological polar surface area (TPSA) is 0 Å². The molecule has 0 radical (unpaired) electrons. The van der Waals surface area contributed by atoms with Crippen molar-refractivity contribution in [1.82, 2.24) is 0 Å². The van der Waals surface area contributed by atoms with Crippen LogP contribution in [0.15, 0.2) is 36.4 Å². The minimum atomic E-state index is 0.218. The van der Waals surface area contributed by atoms with Crippen LogP contribution in [-0.4, -0.2) is 0 Å². The molecule has 1 unspecified atom stereocenters. The van der Waals surface area contributed by atoms with Gasteiger partial charge in [-0.1, -0.05) is 57.4 Å². The quantitative estimate of drug-likeness (QED) is 0.617. The molecule has 0 aromatic heterocycles. The third-order valence-electron chi connectivity index (χ3n) is 3.15. The molecule has 0 aliphatic carbocycles. The van der Waals surface area contributed by atoms with Crippen LogP contribution in [0.3, 0.4) is 0 Å². The number of rotatable bonds is 2. The first-order chi connectivity index (χ1) is 8.49. The molecule has 1 atom stereocenters. The van der Waals surface area contributed by atoms with Crippen LogP contribution < -0.4 is 0 Å². The molecule has 0 nitrogen and oxygen atoms in total. The summed E-state index contributed by atoms with van der Waals surface area (Å²) in [6.45, 7) is 6.47. The maximum atomic E-state index is 5.93. The average molecular weight is 324 g/mol. The molecule has 0 N–H and O–H groups in total. The van der Waals surface area contributed by atoms with Gasteiger partial charge in [-0.25, -0.2) is 0 Å². The van der Waals surface area contributed by atoms with Gasteiger partial charge in [0, 0.05) is 5.02 Å². The van der Waals surface area contributed by atoms with Crippen molar-refractivity contribution in [3.8, 4) is 0 Å². The minimum Gasteiger partial charge on any atom is -0.0843 e. The van der Waals surface area contributed by atoms with Crippen LogP contribution in [0.25, 0.3) is 0 Å². The van der Waals surface area contributed by atoms with Crippen molar-refractivity contribution >= 4 is 27.5 Å². The third kappa shape index (κ3) is 2.78. The van der Waals surface area contributed by atoms with E-state index < -0.39 is 0 Å². The largest absolute Gasteiger partial charge is 0.0843 e. The van der Waals surface area contributed by atoms with Gasteiger partial charge in [0.1, 0.15) is 0 Å². The second kappa shape index (κ2) is 5.46. The predicted molar refractivity (Wildman–Crippen MR) is 82.9 cm³/mol. The van der Waals surface area contributed by atoms with E-state index in [0.717, 1.165) is 5.02 Å². The van der Waals surface area contributed by atoms with Gasteiger partial charge in [0.15, 0.2) is 0 Å². The molecule has 0 amide bonds. The number of hydrogen-bond acceptors (Lipinski definition) is 0. The maximum Gasteiger partial charge on any atom is 0.0649 e. The highest BCUT2D eigenvalue weighted by Gasteiger charge is 2.15.